The molecule has 1 aromatic heterocycles. The number of methoxy groups -OCH3 is 1. The van der Waals surface area contributed by atoms with Gasteiger partial charge in [0.25, 0.3) is 0 Å². The summed E-state index contributed by atoms with van der Waals surface area (Å²) in [5, 5.41) is 0. The van der Waals surface area contributed by atoms with Crippen LogP contribution in [-0.4, -0.2) is 25.0 Å². The van der Waals surface area contributed by atoms with Gasteiger partial charge in [0.15, 0.2) is 5.78 Å². The fourth-order valence-corrected chi connectivity index (χ4v) is 2.04. The molecule has 1 aromatic rings. The largest absolute Gasteiger partial charge is 0.469 e. The lowest BCUT2D eigenvalue weighted by Gasteiger charge is -2.02. The fourth-order valence-electron chi connectivity index (χ4n) is 1.11. The van der Waals surface area contributed by atoms with E-state index in [0.717, 1.165) is 11.3 Å². The van der Waals surface area contributed by atoms with E-state index in [1.807, 2.05) is 0 Å². The number of rotatable bonds is 4. The van der Waals surface area contributed by atoms with Crippen LogP contribution in [0, 0.1) is 0 Å². The highest BCUT2D eigenvalue weighted by Gasteiger charge is 2.32. The fraction of sp³-hybridized carbons (Fsp3) is 0.400. The molecule has 0 aliphatic heterocycles. The predicted octanol–water partition coefficient (Wildman–Crippen LogP) is 2.60. The molecule has 0 aliphatic carbocycles. The lowest BCUT2D eigenvalue weighted by molar-refractivity contribution is -0.139. The number of alkyl halides is 3. The molecule has 3 nitrogen and oxygen atoms in total. The lowest BCUT2D eigenvalue weighted by atomic mass is 10.2. The zero-order valence-electron chi connectivity index (χ0n) is 8.84. The van der Waals surface area contributed by atoms with Gasteiger partial charge in [-0.05, 0) is 12.1 Å². The molecule has 0 amide bonds. The Kier molecular flexibility index (Phi) is 4.28. The lowest BCUT2D eigenvalue weighted by Crippen LogP contribution is -2.14. The Morgan fingerprint density at radius 2 is 2.00 bits per heavy atom. The second-order valence-corrected chi connectivity index (χ2v) is 4.40. The summed E-state index contributed by atoms with van der Waals surface area (Å²) in [5.41, 5.74) is 0. The van der Waals surface area contributed by atoms with Crippen molar-refractivity contribution in [2.24, 2.45) is 0 Å². The first-order valence-electron chi connectivity index (χ1n) is 4.57. The van der Waals surface area contributed by atoms with E-state index in [0.29, 0.717) is 4.88 Å². The molecule has 0 unspecified atom stereocenters. The van der Waals surface area contributed by atoms with Gasteiger partial charge in [0.2, 0.25) is 0 Å². The summed E-state index contributed by atoms with van der Waals surface area (Å²) in [6.07, 6.45) is -6.03. The molecular formula is C10H9F3O3S. The van der Waals surface area contributed by atoms with Crippen molar-refractivity contribution in [1.29, 1.82) is 0 Å². The SMILES string of the molecule is COC(=O)Cc1ccc(C(=O)CC(F)(F)F)s1. The van der Waals surface area contributed by atoms with Crippen molar-refractivity contribution in [3.63, 3.8) is 0 Å². The summed E-state index contributed by atoms with van der Waals surface area (Å²) < 4.78 is 40.3. The number of carbonyl (C=O) groups excluding carboxylic acids is 2. The van der Waals surface area contributed by atoms with Crippen LogP contribution in [0.2, 0.25) is 0 Å². The van der Waals surface area contributed by atoms with Gasteiger partial charge in [-0.2, -0.15) is 13.2 Å². The first-order valence-corrected chi connectivity index (χ1v) is 5.39. The van der Waals surface area contributed by atoms with Gasteiger partial charge in [0.05, 0.1) is 18.4 Å². The maximum absolute atomic E-state index is 12.0. The van der Waals surface area contributed by atoms with Gasteiger partial charge in [-0.1, -0.05) is 0 Å². The number of hydrogen-bond acceptors (Lipinski definition) is 4. The van der Waals surface area contributed by atoms with Crippen LogP contribution in [0.5, 0.6) is 0 Å². The standard InChI is InChI=1S/C10H9F3O3S/c1-16-9(15)4-6-2-3-8(17-6)7(14)5-10(11,12)13/h2-3H,4-5H2,1H3. The van der Waals surface area contributed by atoms with Gasteiger partial charge in [-0.3, -0.25) is 9.59 Å². The molecule has 17 heavy (non-hydrogen) atoms. The second-order valence-electron chi connectivity index (χ2n) is 3.23. The number of halogens is 3. The Labute approximate surface area is 99.2 Å². The third kappa shape index (κ3) is 4.56. The Morgan fingerprint density at radius 1 is 1.35 bits per heavy atom. The van der Waals surface area contributed by atoms with Crippen LogP contribution in [-0.2, 0) is 16.0 Å². The maximum Gasteiger partial charge on any atom is 0.396 e. The molecule has 0 radical (unpaired) electrons. The minimum Gasteiger partial charge on any atom is -0.469 e. The highest BCUT2D eigenvalue weighted by Crippen LogP contribution is 2.25. The molecule has 0 bridgehead atoms. The Bertz CT molecular complexity index is 423. The average molecular weight is 266 g/mol. The van der Waals surface area contributed by atoms with Gasteiger partial charge in [0, 0.05) is 4.88 Å². The molecule has 94 valence electrons. The molecule has 0 aromatic carbocycles. The third-order valence-corrected chi connectivity index (χ3v) is 2.97. The normalized spacial score (nSPS) is 11.3. The smallest absolute Gasteiger partial charge is 0.396 e. The number of thiophene rings is 1. The zero-order valence-corrected chi connectivity index (χ0v) is 9.65. The van der Waals surface area contributed by atoms with Crippen molar-refractivity contribution in [2.45, 2.75) is 19.0 Å². The van der Waals surface area contributed by atoms with Crippen LogP contribution in [0.3, 0.4) is 0 Å². The van der Waals surface area contributed by atoms with Crippen molar-refractivity contribution < 1.29 is 27.5 Å². The molecule has 0 fully saturated rings. The van der Waals surface area contributed by atoms with E-state index < -0.39 is 24.3 Å². The monoisotopic (exact) mass is 266 g/mol. The quantitative estimate of drug-likeness (QED) is 0.621. The van der Waals surface area contributed by atoms with Gasteiger partial charge >= 0.3 is 12.1 Å². The molecule has 7 heteroatoms. The summed E-state index contributed by atoms with van der Waals surface area (Å²) in [5.74, 6) is -1.49. The van der Waals surface area contributed by atoms with Crippen molar-refractivity contribution in [3.8, 4) is 0 Å². The summed E-state index contributed by atoms with van der Waals surface area (Å²) in [4.78, 5) is 22.6. The Morgan fingerprint density at radius 3 is 2.53 bits per heavy atom. The molecule has 0 saturated carbocycles. The molecule has 1 rings (SSSR count). The molecule has 0 N–H and O–H groups in total. The molecule has 1 heterocycles. The first kappa shape index (κ1) is 13.7. The number of hydrogen-bond donors (Lipinski definition) is 0. The van der Waals surface area contributed by atoms with E-state index in [1.54, 1.807) is 0 Å². The highest BCUT2D eigenvalue weighted by molar-refractivity contribution is 7.14. The molecule has 0 atom stereocenters. The van der Waals surface area contributed by atoms with Crippen LogP contribution in [0.4, 0.5) is 13.2 Å². The number of ketones is 1. The topological polar surface area (TPSA) is 43.4 Å². The number of ether oxygens (including phenoxy) is 1. The first-order chi connectivity index (χ1) is 7.81. The Balaban J connectivity index is 2.68. The van der Waals surface area contributed by atoms with Gasteiger partial charge < -0.3 is 4.74 Å². The highest BCUT2D eigenvalue weighted by atomic mass is 32.1. The molecular weight excluding hydrogens is 257 g/mol. The van der Waals surface area contributed by atoms with Crippen LogP contribution in [0.1, 0.15) is 21.0 Å². The number of esters is 1. The van der Waals surface area contributed by atoms with E-state index >= 15 is 0 Å². The number of carbonyl (C=O) groups is 2. The summed E-state index contributed by atoms with van der Waals surface area (Å²) >= 11 is 0.875. The minimum absolute atomic E-state index is 0.00114. The molecule has 0 saturated heterocycles. The van der Waals surface area contributed by atoms with Crippen molar-refractivity contribution in [2.75, 3.05) is 7.11 Å². The van der Waals surface area contributed by atoms with E-state index in [2.05, 4.69) is 4.74 Å². The third-order valence-electron chi connectivity index (χ3n) is 1.84. The zero-order chi connectivity index (χ0) is 13.1. The van der Waals surface area contributed by atoms with Gasteiger partial charge in [0.1, 0.15) is 6.42 Å². The molecule has 0 spiro atoms. The minimum atomic E-state index is -4.51. The van der Waals surface area contributed by atoms with Gasteiger partial charge in [-0.25, -0.2) is 0 Å². The van der Waals surface area contributed by atoms with Gasteiger partial charge in [-0.15, -0.1) is 11.3 Å². The predicted molar refractivity (Wildman–Crippen MR) is 55.0 cm³/mol. The van der Waals surface area contributed by atoms with Crippen molar-refractivity contribution >= 4 is 23.1 Å². The average Bonchev–Trinajstić information content (AvgIpc) is 2.63. The van der Waals surface area contributed by atoms with E-state index in [9.17, 15) is 22.8 Å². The Hall–Kier alpha value is -1.37. The van der Waals surface area contributed by atoms with E-state index in [4.69, 9.17) is 0 Å². The van der Waals surface area contributed by atoms with E-state index in [1.165, 1.54) is 19.2 Å². The van der Waals surface area contributed by atoms with Crippen LogP contribution < -0.4 is 0 Å². The van der Waals surface area contributed by atoms with Crippen LogP contribution in [0.15, 0.2) is 12.1 Å². The summed E-state index contributed by atoms with van der Waals surface area (Å²) in [7, 11) is 1.21. The van der Waals surface area contributed by atoms with E-state index in [-0.39, 0.29) is 11.3 Å². The summed E-state index contributed by atoms with van der Waals surface area (Å²) in [6.45, 7) is 0. The van der Waals surface area contributed by atoms with Crippen molar-refractivity contribution in [1.82, 2.24) is 0 Å². The maximum atomic E-state index is 12.0. The molecule has 0 aliphatic rings. The van der Waals surface area contributed by atoms with Crippen LogP contribution >= 0.6 is 11.3 Å². The number of Topliss-reactive ketones (excluding diaryl/α,β-unsaturated/α-hetero) is 1. The summed E-state index contributed by atoms with van der Waals surface area (Å²) in [6, 6.07) is 2.74. The second kappa shape index (κ2) is 5.31. The van der Waals surface area contributed by atoms with Crippen molar-refractivity contribution in [3.05, 3.63) is 21.9 Å². The van der Waals surface area contributed by atoms with Crippen LogP contribution in [0.25, 0.3) is 0 Å².